The molecule has 0 aliphatic heterocycles. The van der Waals surface area contributed by atoms with Crippen LogP contribution in [0, 0.1) is 0 Å². The van der Waals surface area contributed by atoms with Crippen LogP contribution in [-0.2, 0) is 0 Å². The molecule has 19 heavy (non-hydrogen) atoms. The van der Waals surface area contributed by atoms with Crippen molar-refractivity contribution < 1.29 is 5.11 Å². The van der Waals surface area contributed by atoms with Gasteiger partial charge in [0, 0.05) is 11.8 Å². The maximum Gasteiger partial charge on any atom is 0.152 e. The molecule has 3 N–H and O–H groups in total. The first-order valence-corrected chi connectivity index (χ1v) is 5.98. The van der Waals surface area contributed by atoms with Crippen LogP contribution in [0.1, 0.15) is 0 Å². The molecular weight excluding hydrogens is 238 g/mol. The Morgan fingerprint density at radius 2 is 1.68 bits per heavy atom. The van der Waals surface area contributed by atoms with Crippen molar-refractivity contribution in [3.8, 4) is 17.0 Å². The molecule has 3 aromatic rings. The van der Waals surface area contributed by atoms with Crippen LogP contribution < -0.4 is 5.32 Å². The Bertz CT molecular complexity index is 659. The zero-order chi connectivity index (χ0) is 13.1. The van der Waals surface area contributed by atoms with Gasteiger partial charge in [0.15, 0.2) is 5.82 Å². The van der Waals surface area contributed by atoms with Crippen LogP contribution in [-0.4, -0.2) is 15.3 Å². The van der Waals surface area contributed by atoms with E-state index in [9.17, 15) is 5.11 Å². The Morgan fingerprint density at radius 3 is 2.42 bits per heavy atom. The zero-order valence-corrected chi connectivity index (χ0v) is 10.2. The fourth-order valence-electron chi connectivity index (χ4n) is 1.84. The first-order chi connectivity index (χ1) is 9.31. The Morgan fingerprint density at radius 1 is 0.947 bits per heavy atom. The Balaban J connectivity index is 1.80. The van der Waals surface area contributed by atoms with Crippen molar-refractivity contribution in [2.24, 2.45) is 0 Å². The van der Waals surface area contributed by atoms with Crippen LogP contribution >= 0.6 is 0 Å². The van der Waals surface area contributed by atoms with Gasteiger partial charge in [-0.05, 0) is 29.8 Å². The first kappa shape index (κ1) is 11.3. The monoisotopic (exact) mass is 251 g/mol. The van der Waals surface area contributed by atoms with Crippen LogP contribution in [0.3, 0.4) is 0 Å². The van der Waals surface area contributed by atoms with Gasteiger partial charge in [0.25, 0.3) is 0 Å². The van der Waals surface area contributed by atoms with E-state index in [2.05, 4.69) is 15.5 Å². The molecule has 4 nitrogen and oxygen atoms in total. The first-order valence-electron chi connectivity index (χ1n) is 5.98. The molecule has 2 aromatic carbocycles. The molecule has 94 valence electrons. The largest absolute Gasteiger partial charge is 0.508 e. The third kappa shape index (κ3) is 2.57. The molecule has 0 fully saturated rings. The summed E-state index contributed by atoms with van der Waals surface area (Å²) in [5, 5.41) is 19.6. The number of nitrogens with one attached hydrogen (secondary N) is 2. The number of hydrogen-bond acceptors (Lipinski definition) is 3. The lowest BCUT2D eigenvalue weighted by molar-refractivity contribution is 0.475. The summed E-state index contributed by atoms with van der Waals surface area (Å²) in [6, 6.07) is 18.8. The van der Waals surface area contributed by atoms with Gasteiger partial charge >= 0.3 is 0 Å². The predicted molar refractivity (Wildman–Crippen MR) is 75.4 cm³/mol. The second-order valence-electron chi connectivity index (χ2n) is 4.20. The van der Waals surface area contributed by atoms with E-state index in [0.29, 0.717) is 0 Å². The number of H-pyrrole nitrogens is 1. The van der Waals surface area contributed by atoms with E-state index in [1.54, 1.807) is 24.3 Å². The highest BCUT2D eigenvalue weighted by Crippen LogP contribution is 2.22. The van der Waals surface area contributed by atoms with Crippen LogP contribution in [0.25, 0.3) is 11.3 Å². The number of aromatic hydroxyl groups is 1. The molecule has 1 aromatic heterocycles. The summed E-state index contributed by atoms with van der Waals surface area (Å²) in [5.74, 6) is 0.988. The third-order valence-electron chi connectivity index (χ3n) is 2.80. The van der Waals surface area contributed by atoms with Gasteiger partial charge in [-0.1, -0.05) is 30.3 Å². The summed E-state index contributed by atoms with van der Waals surface area (Å²) in [4.78, 5) is 0. The highest BCUT2D eigenvalue weighted by atomic mass is 16.3. The number of phenols is 1. The van der Waals surface area contributed by atoms with E-state index in [-0.39, 0.29) is 5.75 Å². The zero-order valence-electron chi connectivity index (χ0n) is 10.2. The molecule has 0 amide bonds. The average Bonchev–Trinajstić information content (AvgIpc) is 2.91. The highest BCUT2D eigenvalue weighted by Gasteiger charge is 2.03. The van der Waals surface area contributed by atoms with Crippen LogP contribution in [0.4, 0.5) is 11.5 Å². The average molecular weight is 251 g/mol. The molecule has 1 heterocycles. The van der Waals surface area contributed by atoms with Crippen molar-refractivity contribution in [2.45, 2.75) is 0 Å². The number of benzene rings is 2. The topological polar surface area (TPSA) is 60.9 Å². The van der Waals surface area contributed by atoms with Gasteiger partial charge in [0.05, 0.1) is 5.69 Å². The summed E-state index contributed by atoms with van der Waals surface area (Å²) < 4.78 is 0. The van der Waals surface area contributed by atoms with E-state index in [1.807, 2.05) is 36.4 Å². The third-order valence-corrected chi connectivity index (χ3v) is 2.80. The number of nitrogens with zero attached hydrogens (tertiary/aromatic N) is 1. The fourth-order valence-corrected chi connectivity index (χ4v) is 1.84. The van der Waals surface area contributed by atoms with Crippen molar-refractivity contribution in [1.82, 2.24) is 10.2 Å². The molecule has 0 saturated heterocycles. The van der Waals surface area contributed by atoms with Gasteiger partial charge in [-0.15, -0.1) is 0 Å². The quantitative estimate of drug-likeness (QED) is 0.624. The molecule has 0 bridgehead atoms. The maximum absolute atomic E-state index is 9.23. The molecule has 0 aliphatic rings. The van der Waals surface area contributed by atoms with Crippen molar-refractivity contribution in [3.05, 3.63) is 60.7 Å². The molecule has 0 spiro atoms. The predicted octanol–water partition coefficient (Wildman–Crippen LogP) is 3.53. The standard InChI is InChI=1S/C15H13N3O/c19-13-8-6-12(7-9-13)16-15-10-14(17-18-15)11-4-2-1-3-5-11/h1-10,19H,(H2,16,17,18). The number of anilines is 2. The molecule has 0 saturated carbocycles. The highest BCUT2D eigenvalue weighted by molar-refractivity contribution is 5.65. The van der Waals surface area contributed by atoms with Gasteiger partial charge in [-0.3, -0.25) is 5.10 Å². The van der Waals surface area contributed by atoms with Gasteiger partial charge in [-0.2, -0.15) is 5.10 Å². The van der Waals surface area contributed by atoms with Gasteiger partial charge in [0.1, 0.15) is 5.75 Å². The number of aromatic amines is 1. The molecule has 0 atom stereocenters. The second-order valence-corrected chi connectivity index (χ2v) is 4.20. The molecule has 3 rings (SSSR count). The summed E-state index contributed by atoms with van der Waals surface area (Å²) >= 11 is 0. The second kappa shape index (κ2) is 4.86. The Kier molecular flexibility index (Phi) is 2.90. The number of hydrogen-bond donors (Lipinski definition) is 3. The van der Waals surface area contributed by atoms with Crippen molar-refractivity contribution in [2.75, 3.05) is 5.32 Å². The fraction of sp³-hybridized carbons (Fsp3) is 0. The lowest BCUT2D eigenvalue weighted by atomic mass is 10.1. The van der Waals surface area contributed by atoms with Crippen LogP contribution in [0.15, 0.2) is 60.7 Å². The minimum Gasteiger partial charge on any atom is -0.508 e. The molecule has 0 radical (unpaired) electrons. The van der Waals surface area contributed by atoms with Crippen molar-refractivity contribution >= 4 is 11.5 Å². The summed E-state index contributed by atoms with van der Waals surface area (Å²) in [6.07, 6.45) is 0. The van der Waals surface area contributed by atoms with Crippen LogP contribution in [0.2, 0.25) is 0 Å². The SMILES string of the molecule is Oc1ccc(Nc2cc(-c3ccccc3)[nH]n2)cc1. The van der Waals surface area contributed by atoms with Crippen molar-refractivity contribution in [1.29, 1.82) is 0 Å². The Hall–Kier alpha value is -2.75. The Labute approximate surface area is 110 Å². The van der Waals surface area contributed by atoms with E-state index in [4.69, 9.17) is 0 Å². The molecule has 4 heteroatoms. The summed E-state index contributed by atoms with van der Waals surface area (Å²) in [5.41, 5.74) is 2.93. The van der Waals surface area contributed by atoms with Gasteiger partial charge in [-0.25, -0.2) is 0 Å². The number of phenolic OH excluding ortho intramolecular Hbond substituents is 1. The smallest absolute Gasteiger partial charge is 0.152 e. The minimum absolute atomic E-state index is 0.248. The van der Waals surface area contributed by atoms with Crippen molar-refractivity contribution in [3.63, 3.8) is 0 Å². The lowest BCUT2D eigenvalue weighted by Crippen LogP contribution is -1.89. The van der Waals surface area contributed by atoms with Crippen LogP contribution in [0.5, 0.6) is 5.75 Å². The molecule has 0 unspecified atom stereocenters. The van der Waals surface area contributed by atoms with E-state index < -0.39 is 0 Å². The van der Waals surface area contributed by atoms with Gasteiger partial charge in [0.2, 0.25) is 0 Å². The minimum atomic E-state index is 0.248. The molecular formula is C15H13N3O. The number of aromatic nitrogens is 2. The summed E-state index contributed by atoms with van der Waals surface area (Å²) in [6.45, 7) is 0. The lowest BCUT2D eigenvalue weighted by Gasteiger charge is -2.01. The van der Waals surface area contributed by atoms with E-state index in [0.717, 1.165) is 22.8 Å². The molecule has 0 aliphatic carbocycles. The van der Waals surface area contributed by atoms with Gasteiger partial charge < -0.3 is 10.4 Å². The number of rotatable bonds is 3. The summed E-state index contributed by atoms with van der Waals surface area (Å²) in [7, 11) is 0. The maximum atomic E-state index is 9.23. The van der Waals surface area contributed by atoms with E-state index >= 15 is 0 Å². The van der Waals surface area contributed by atoms with E-state index in [1.165, 1.54) is 0 Å². The normalized spacial score (nSPS) is 10.3.